The molecule has 238 valence electrons. The molecule has 5 rings (SSSR count). The molecule has 0 aliphatic carbocycles. The van der Waals surface area contributed by atoms with Gasteiger partial charge in [0.2, 0.25) is 5.95 Å². The smallest absolute Gasteiger partial charge is 0.365 e. The van der Waals surface area contributed by atoms with E-state index in [1.165, 1.54) is 0 Å². The van der Waals surface area contributed by atoms with E-state index in [1.807, 2.05) is 55.7 Å². The molecule has 1 atom stereocenters. The number of unbranched alkanes of at least 4 members (excludes halogenated alkanes) is 1. The summed E-state index contributed by atoms with van der Waals surface area (Å²) < 4.78 is 3.50. The fraction of sp³-hybridized carbons (Fsp3) is 0.382. The van der Waals surface area contributed by atoms with Crippen LogP contribution in [-0.2, 0) is 13.6 Å². The number of nitriles is 1. The minimum Gasteiger partial charge on any atom is -0.365 e. The Hall–Kier alpha value is -5.15. The van der Waals surface area contributed by atoms with Crippen LogP contribution in [0.25, 0.3) is 11.1 Å². The quantitative estimate of drug-likeness (QED) is 0.0869. The molecule has 1 saturated heterocycles. The predicted molar refractivity (Wildman–Crippen MR) is 179 cm³/mol. The molecule has 12 heteroatoms. The first-order chi connectivity index (χ1) is 22.5. The lowest BCUT2D eigenvalue weighted by Crippen LogP contribution is -2.34. The third kappa shape index (κ3) is 8.73. The number of benzene rings is 1. The first-order valence-corrected chi connectivity index (χ1v) is 15.9. The van der Waals surface area contributed by atoms with Crippen LogP contribution in [0.1, 0.15) is 56.6 Å². The molecule has 1 aliphatic rings. The van der Waals surface area contributed by atoms with Crippen LogP contribution in [0.3, 0.4) is 0 Å². The molecule has 0 spiro atoms. The Morgan fingerprint density at radius 2 is 1.96 bits per heavy atom. The monoisotopic (exact) mass is 620 g/mol. The van der Waals surface area contributed by atoms with Gasteiger partial charge >= 0.3 is 6.03 Å². The number of hydrogen-bond acceptors (Lipinski definition) is 9. The van der Waals surface area contributed by atoms with Crippen molar-refractivity contribution in [1.82, 2.24) is 35.4 Å². The minimum absolute atomic E-state index is 0.199. The Kier molecular flexibility index (Phi) is 11.4. The van der Waals surface area contributed by atoms with Crippen molar-refractivity contribution < 1.29 is 9.37 Å². The van der Waals surface area contributed by atoms with E-state index in [0.29, 0.717) is 36.2 Å². The third-order valence-electron chi connectivity index (χ3n) is 7.85. The van der Waals surface area contributed by atoms with Crippen LogP contribution in [-0.4, -0.2) is 66.7 Å². The van der Waals surface area contributed by atoms with Crippen LogP contribution in [0.4, 0.5) is 22.4 Å². The van der Waals surface area contributed by atoms with Gasteiger partial charge in [0.25, 0.3) is 5.82 Å². The van der Waals surface area contributed by atoms with Crippen LogP contribution >= 0.6 is 0 Å². The number of carbonyl (C=O) groups is 1. The predicted octanol–water partition coefficient (Wildman–Crippen LogP) is 4.99. The second-order valence-corrected chi connectivity index (χ2v) is 11.4. The summed E-state index contributed by atoms with van der Waals surface area (Å²) in [4.78, 5) is 27.4. The molecule has 2 amide bonds. The number of anilines is 2. The minimum atomic E-state index is -0.199. The Bertz CT molecular complexity index is 1650. The second-order valence-electron chi connectivity index (χ2n) is 11.4. The zero-order valence-electron chi connectivity index (χ0n) is 26.5. The van der Waals surface area contributed by atoms with Crippen molar-refractivity contribution in [3.63, 3.8) is 0 Å². The van der Waals surface area contributed by atoms with Gasteiger partial charge in [-0.3, -0.25) is 10.00 Å². The number of pyridine rings is 1. The average Bonchev–Trinajstić information content (AvgIpc) is 3.76. The van der Waals surface area contributed by atoms with Crippen molar-refractivity contribution in [2.24, 2.45) is 7.05 Å². The number of amides is 2. The molecule has 1 fully saturated rings. The first kappa shape index (κ1) is 32.2. The van der Waals surface area contributed by atoms with E-state index in [9.17, 15) is 10.1 Å². The van der Waals surface area contributed by atoms with Gasteiger partial charge in [0.1, 0.15) is 23.6 Å². The Labute approximate surface area is 270 Å². The molecule has 46 heavy (non-hydrogen) atoms. The van der Waals surface area contributed by atoms with Gasteiger partial charge in [-0.25, -0.2) is 9.78 Å². The van der Waals surface area contributed by atoms with E-state index >= 15 is 0 Å². The van der Waals surface area contributed by atoms with Crippen molar-refractivity contribution in [3.8, 4) is 17.2 Å². The summed E-state index contributed by atoms with van der Waals surface area (Å²) in [6, 6.07) is 16.0. The lowest BCUT2D eigenvalue weighted by Gasteiger charge is -2.14. The van der Waals surface area contributed by atoms with Gasteiger partial charge in [-0.2, -0.15) is 19.9 Å². The maximum atomic E-state index is 13.8. The largest absolute Gasteiger partial charge is 0.441 e. The highest BCUT2D eigenvalue weighted by atomic mass is 16.2. The van der Waals surface area contributed by atoms with Crippen LogP contribution in [0.5, 0.6) is 0 Å². The number of carbonyl (C=O) groups excluding carboxylic acids is 1. The molecule has 4 N–H and O–H groups in total. The molecule has 12 nitrogen and oxygen atoms in total. The van der Waals surface area contributed by atoms with E-state index in [1.54, 1.807) is 27.8 Å². The van der Waals surface area contributed by atoms with Crippen LogP contribution in [0, 0.1) is 11.3 Å². The number of aryl methyl sites for hydroxylation is 1. The van der Waals surface area contributed by atoms with Gasteiger partial charge in [0, 0.05) is 49.6 Å². The highest BCUT2D eigenvalue weighted by Gasteiger charge is 2.23. The summed E-state index contributed by atoms with van der Waals surface area (Å²) in [5.74, 6) is 1.64. The Balaban J connectivity index is 1.27. The van der Waals surface area contributed by atoms with Crippen molar-refractivity contribution in [1.29, 1.82) is 5.26 Å². The maximum absolute atomic E-state index is 13.8. The van der Waals surface area contributed by atoms with Crippen LogP contribution < -0.4 is 21.3 Å². The summed E-state index contributed by atoms with van der Waals surface area (Å²) in [5, 5.41) is 26.9. The maximum Gasteiger partial charge on any atom is 0.441 e. The van der Waals surface area contributed by atoms with E-state index in [4.69, 9.17) is 4.98 Å². The van der Waals surface area contributed by atoms with E-state index < -0.39 is 0 Å². The Morgan fingerprint density at radius 3 is 2.65 bits per heavy atom. The number of rotatable bonds is 14. The SMILES string of the molecule is CCC/C(CCCCNc1ncc(C#N)c(NC2CCNC2)n1)=[N+](\C(=O)NCc1ccccc1)c1ccc(-c2cnn(C)c2)cn1. The molecular formula is C34H42N11O+. The summed E-state index contributed by atoms with van der Waals surface area (Å²) in [7, 11) is 1.88. The normalized spacial score (nSPS) is 14.8. The highest BCUT2D eigenvalue weighted by molar-refractivity contribution is 5.86. The third-order valence-corrected chi connectivity index (χ3v) is 7.85. The topological polar surface area (TPSA) is 148 Å². The number of hydrogen-bond donors (Lipinski definition) is 4. The Morgan fingerprint density at radius 1 is 1.09 bits per heavy atom. The average molecular weight is 621 g/mol. The molecule has 1 aliphatic heterocycles. The number of nitrogens with one attached hydrogen (secondary N) is 4. The van der Waals surface area contributed by atoms with Gasteiger partial charge < -0.3 is 16.0 Å². The van der Waals surface area contributed by atoms with Gasteiger partial charge in [-0.05, 0) is 56.7 Å². The van der Waals surface area contributed by atoms with E-state index in [2.05, 4.69) is 49.3 Å². The number of urea groups is 1. The lowest BCUT2D eigenvalue weighted by molar-refractivity contribution is -0.342. The molecule has 0 saturated carbocycles. The van der Waals surface area contributed by atoms with Crippen molar-refractivity contribution in [2.75, 3.05) is 30.3 Å². The second kappa shape index (κ2) is 16.2. The standard InChI is InChI=1S/C34H41N11O/c1-3-9-30(12-7-8-16-37-33-39-21-27(18-35)32(43-33)42-29-15-17-36-23-29)45(34(46)40-19-25-10-5-4-6-11-25)31-14-13-26(20-38-31)28-22-41-44(2)24-28/h4-6,10-11,13-14,20-22,24,29,36H,3,7-9,12,15-17,19,23H2,1-2H3,(H2-,37,39,40,42,43,46)/p+1/b45-30+. The molecule has 0 radical (unpaired) electrons. The summed E-state index contributed by atoms with van der Waals surface area (Å²) in [6.07, 6.45) is 12.2. The summed E-state index contributed by atoms with van der Waals surface area (Å²) in [6.45, 7) is 5.00. The summed E-state index contributed by atoms with van der Waals surface area (Å²) in [5.41, 5.74) is 4.39. The molecule has 0 bridgehead atoms. The van der Waals surface area contributed by atoms with Crippen molar-refractivity contribution >= 4 is 29.3 Å². The summed E-state index contributed by atoms with van der Waals surface area (Å²) >= 11 is 0. The zero-order valence-corrected chi connectivity index (χ0v) is 26.5. The number of nitrogens with zero attached hydrogens (tertiary/aromatic N) is 7. The number of aromatic nitrogens is 5. The zero-order chi connectivity index (χ0) is 32.1. The molecule has 1 aromatic carbocycles. The molecular weight excluding hydrogens is 578 g/mol. The van der Waals surface area contributed by atoms with Crippen molar-refractivity contribution in [3.05, 3.63) is 78.4 Å². The van der Waals surface area contributed by atoms with Crippen LogP contribution in [0.2, 0.25) is 0 Å². The van der Waals surface area contributed by atoms with Gasteiger partial charge in [-0.1, -0.05) is 37.3 Å². The molecule has 1 unspecified atom stereocenters. The molecule has 4 heterocycles. The fourth-order valence-electron chi connectivity index (χ4n) is 5.44. The van der Waals surface area contributed by atoms with Gasteiger partial charge in [-0.15, -0.1) is 4.98 Å². The first-order valence-electron chi connectivity index (χ1n) is 15.9. The van der Waals surface area contributed by atoms with E-state index in [0.717, 1.165) is 74.0 Å². The fourth-order valence-corrected chi connectivity index (χ4v) is 5.44. The lowest BCUT2D eigenvalue weighted by atomic mass is 10.1. The van der Waals surface area contributed by atoms with E-state index in [-0.39, 0.29) is 12.1 Å². The van der Waals surface area contributed by atoms with Crippen molar-refractivity contribution in [2.45, 2.75) is 58.0 Å². The van der Waals surface area contributed by atoms with Gasteiger partial charge in [0.05, 0.1) is 24.7 Å². The van der Waals surface area contributed by atoms with Crippen LogP contribution in [0.15, 0.2) is 67.3 Å². The highest BCUT2D eigenvalue weighted by Crippen LogP contribution is 2.21. The molecule has 4 aromatic rings. The van der Waals surface area contributed by atoms with Gasteiger partial charge in [0.15, 0.2) is 0 Å². The molecule has 3 aromatic heterocycles.